The van der Waals surface area contributed by atoms with Gasteiger partial charge in [-0.25, -0.2) is 4.79 Å². The molecule has 1 N–H and O–H groups in total. The van der Waals surface area contributed by atoms with Gasteiger partial charge in [-0.3, -0.25) is 9.69 Å². The molecule has 0 aromatic heterocycles. The van der Waals surface area contributed by atoms with Gasteiger partial charge in [0.1, 0.15) is 0 Å². The Morgan fingerprint density at radius 1 is 1.26 bits per heavy atom. The Kier molecular flexibility index (Phi) is 7.09. The molecule has 8 nitrogen and oxygen atoms in total. The molecule has 1 aromatic rings. The van der Waals surface area contributed by atoms with Crippen LogP contribution in [0.1, 0.15) is 25.3 Å². The highest BCUT2D eigenvalue weighted by molar-refractivity contribution is 7.61. The van der Waals surface area contributed by atoms with Crippen LogP contribution < -0.4 is 5.32 Å². The van der Waals surface area contributed by atoms with Crippen molar-refractivity contribution in [2.75, 3.05) is 27.3 Å². The van der Waals surface area contributed by atoms with Gasteiger partial charge in [-0.2, -0.15) is 12.8 Å². The van der Waals surface area contributed by atoms with Crippen LogP contribution in [0.2, 0.25) is 0 Å². The number of benzene rings is 1. The molecule has 1 saturated carbocycles. The van der Waals surface area contributed by atoms with Crippen LogP contribution in [0.25, 0.3) is 0 Å². The molecule has 148 valence electrons. The van der Waals surface area contributed by atoms with Gasteiger partial charge in [-0.05, 0) is 18.4 Å². The summed E-state index contributed by atoms with van der Waals surface area (Å²) in [4.78, 5) is 26.5. The van der Waals surface area contributed by atoms with E-state index in [0.717, 1.165) is 10.5 Å². The number of ether oxygens (including phenoxy) is 1. The summed E-state index contributed by atoms with van der Waals surface area (Å²) in [5.41, 5.74) is 0.0517. The predicted molar refractivity (Wildman–Crippen MR) is 99.7 cm³/mol. The van der Waals surface area contributed by atoms with Crippen LogP contribution in [-0.4, -0.2) is 58.6 Å². The number of methoxy groups -OCH3 is 1. The fraction of sp³-hybridized carbons (Fsp3) is 0.556. The SMILES string of the molecule is CNC(=O)N(CCCCOC)C(=O)C1C(N=S(=O)=O)C1(C)c1ccccc1. The lowest BCUT2D eigenvalue weighted by atomic mass is 9.94. The summed E-state index contributed by atoms with van der Waals surface area (Å²) in [6.45, 7) is 2.57. The molecule has 0 spiro atoms. The number of carbonyl (C=O) groups excluding carboxylic acids is 2. The minimum Gasteiger partial charge on any atom is -0.385 e. The second kappa shape index (κ2) is 9.09. The van der Waals surface area contributed by atoms with Gasteiger partial charge in [-0.15, -0.1) is 0 Å². The summed E-state index contributed by atoms with van der Waals surface area (Å²) < 4.78 is 31.0. The fourth-order valence-corrected chi connectivity index (χ4v) is 3.95. The number of unbranched alkanes of at least 4 members (excludes halogenated alkanes) is 1. The van der Waals surface area contributed by atoms with Gasteiger partial charge in [0.15, 0.2) is 0 Å². The molecule has 3 atom stereocenters. The van der Waals surface area contributed by atoms with Crippen molar-refractivity contribution in [1.82, 2.24) is 10.2 Å². The maximum Gasteiger partial charge on any atom is 0.323 e. The second-order valence-electron chi connectivity index (χ2n) is 6.64. The van der Waals surface area contributed by atoms with Crippen molar-refractivity contribution in [1.29, 1.82) is 0 Å². The topological polar surface area (TPSA) is 105 Å². The summed E-state index contributed by atoms with van der Waals surface area (Å²) in [5.74, 6) is -1.13. The first-order valence-electron chi connectivity index (χ1n) is 8.75. The number of nitrogens with one attached hydrogen (secondary N) is 1. The first-order valence-corrected chi connectivity index (χ1v) is 9.78. The van der Waals surface area contributed by atoms with Gasteiger partial charge < -0.3 is 10.1 Å². The van der Waals surface area contributed by atoms with Crippen molar-refractivity contribution < 1.29 is 22.7 Å². The third kappa shape index (κ3) is 4.54. The molecule has 1 fully saturated rings. The Morgan fingerprint density at radius 2 is 1.93 bits per heavy atom. The van der Waals surface area contributed by atoms with Gasteiger partial charge in [0.2, 0.25) is 5.91 Å². The number of hydrogen-bond donors (Lipinski definition) is 1. The van der Waals surface area contributed by atoms with Crippen molar-refractivity contribution >= 4 is 22.4 Å². The highest BCUT2D eigenvalue weighted by Crippen LogP contribution is 2.57. The summed E-state index contributed by atoms with van der Waals surface area (Å²) in [6, 6.07) is 7.94. The Hall–Kier alpha value is -2.26. The van der Waals surface area contributed by atoms with Crippen molar-refractivity contribution in [3.8, 4) is 0 Å². The van der Waals surface area contributed by atoms with Crippen LogP contribution in [0, 0.1) is 5.92 Å². The molecular formula is C18H25N3O5S. The van der Waals surface area contributed by atoms with Crippen LogP contribution in [0.15, 0.2) is 34.7 Å². The molecule has 3 unspecified atom stereocenters. The zero-order valence-electron chi connectivity index (χ0n) is 15.7. The number of carbonyl (C=O) groups is 2. The first kappa shape index (κ1) is 21.0. The first-order chi connectivity index (χ1) is 12.9. The van der Waals surface area contributed by atoms with Gasteiger partial charge in [0.05, 0.1) is 12.0 Å². The molecule has 27 heavy (non-hydrogen) atoms. The molecule has 1 aliphatic rings. The Morgan fingerprint density at radius 3 is 2.48 bits per heavy atom. The summed E-state index contributed by atoms with van der Waals surface area (Å²) >= 11 is 0. The molecule has 1 aliphatic carbocycles. The minimum atomic E-state index is -2.64. The minimum absolute atomic E-state index is 0.233. The van der Waals surface area contributed by atoms with Gasteiger partial charge >= 0.3 is 16.5 Å². The fourth-order valence-electron chi connectivity index (χ4n) is 3.42. The van der Waals surface area contributed by atoms with Gasteiger partial charge in [0.25, 0.3) is 0 Å². The number of urea groups is 1. The monoisotopic (exact) mass is 395 g/mol. The lowest BCUT2D eigenvalue weighted by molar-refractivity contribution is -0.130. The Balaban J connectivity index is 2.29. The molecule has 0 heterocycles. The van der Waals surface area contributed by atoms with Crippen molar-refractivity contribution in [3.05, 3.63) is 35.9 Å². The van der Waals surface area contributed by atoms with E-state index in [1.807, 2.05) is 30.3 Å². The van der Waals surface area contributed by atoms with Crippen molar-refractivity contribution in [2.24, 2.45) is 10.3 Å². The molecule has 0 bridgehead atoms. The predicted octanol–water partition coefficient (Wildman–Crippen LogP) is 1.60. The van der Waals surface area contributed by atoms with Gasteiger partial charge in [-0.1, -0.05) is 37.3 Å². The molecule has 2 rings (SSSR count). The smallest absolute Gasteiger partial charge is 0.323 e. The van der Waals surface area contributed by atoms with E-state index in [9.17, 15) is 18.0 Å². The van der Waals surface area contributed by atoms with Gasteiger partial charge in [0, 0.05) is 32.7 Å². The van der Waals surface area contributed by atoms with Crippen LogP contribution in [0.3, 0.4) is 0 Å². The molecule has 0 saturated heterocycles. The number of nitrogens with zero attached hydrogens (tertiary/aromatic N) is 2. The molecule has 9 heteroatoms. The Labute approximate surface area is 160 Å². The standard InChI is InChI=1S/C18H25N3O5S/c1-18(13-9-5-4-6-10-13)14(15(18)20-27(24)25)16(22)21(17(23)19-2)11-7-8-12-26-3/h4-6,9-10,14-15H,7-8,11-12H2,1-3H3,(H,19,23). The summed E-state index contributed by atoms with van der Waals surface area (Å²) in [6.07, 6.45) is 1.30. The van der Waals surface area contributed by atoms with Crippen LogP contribution >= 0.6 is 0 Å². The molecule has 0 aliphatic heterocycles. The third-order valence-electron chi connectivity index (χ3n) is 5.03. The van der Waals surface area contributed by atoms with E-state index in [0.29, 0.717) is 19.4 Å². The van der Waals surface area contributed by atoms with Crippen molar-refractivity contribution in [3.63, 3.8) is 0 Å². The zero-order valence-corrected chi connectivity index (χ0v) is 16.5. The Bertz CT molecular complexity index is 804. The normalized spacial score (nSPS) is 23.4. The number of hydrogen-bond acceptors (Lipinski definition) is 6. The van der Waals surface area contributed by atoms with E-state index in [1.54, 1.807) is 14.0 Å². The maximum absolute atomic E-state index is 13.1. The molecule has 0 radical (unpaired) electrons. The summed E-state index contributed by atoms with van der Waals surface area (Å²) in [5, 5.41) is 2.47. The van der Waals surface area contributed by atoms with E-state index in [-0.39, 0.29) is 6.54 Å². The lowest BCUT2D eigenvalue weighted by Crippen LogP contribution is -2.44. The average molecular weight is 395 g/mol. The molecular weight excluding hydrogens is 370 g/mol. The van der Waals surface area contributed by atoms with E-state index in [2.05, 4.69) is 9.68 Å². The van der Waals surface area contributed by atoms with Crippen molar-refractivity contribution in [2.45, 2.75) is 31.2 Å². The molecule has 3 amide bonds. The summed E-state index contributed by atoms with van der Waals surface area (Å²) in [7, 11) is 0.406. The second-order valence-corrected chi connectivity index (χ2v) is 7.28. The highest BCUT2D eigenvalue weighted by Gasteiger charge is 2.68. The maximum atomic E-state index is 13.1. The zero-order chi connectivity index (χ0) is 20.0. The third-order valence-corrected chi connectivity index (χ3v) is 5.43. The van der Waals surface area contributed by atoms with E-state index >= 15 is 0 Å². The van der Waals surface area contributed by atoms with E-state index in [1.165, 1.54) is 7.05 Å². The lowest BCUT2D eigenvalue weighted by Gasteiger charge is -2.21. The number of rotatable bonds is 8. The largest absolute Gasteiger partial charge is 0.385 e. The van der Waals surface area contributed by atoms with Crippen LogP contribution in [0.5, 0.6) is 0 Å². The number of amides is 3. The highest BCUT2D eigenvalue weighted by atomic mass is 32.2. The van der Waals surface area contributed by atoms with Crippen LogP contribution in [0.4, 0.5) is 4.79 Å². The van der Waals surface area contributed by atoms with E-state index < -0.39 is 39.8 Å². The molecule has 1 aromatic carbocycles. The number of imide groups is 1. The average Bonchev–Trinajstić information content (AvgIpc) is 3.25. The van der Waals surface area contributed by atoms with E-state index in [4.69, 9.17) is 4.74 Å². The quantitative estimate of drug-likeness (QED) is 0.673. The van der Waals surface area contributed by atoms with Crippen LogP contribution in [-0.2, 0) is 25.4 Å².